The first-order valence-corrected chi connectivity index (χ1v) is 7.91. The lowest BCUT2D eigenvalue weighted by atomic mass is 9.83. The molecule has 1 aliphatic heterocycles. The van der Waals surface area contributed by atoms with Gasteiger partial charge in [0.1, 0.15) is 0 Å². The van der Waals surface area contributed by atoms with Crippen molar-refractivity contribution in [3.05, 3.63) is 0 Å². The second-order valence-corrected chi connectivity index (χ2v) is 6.20. The summed E-state index contributed by atoms with van der Waals surface area (Å²) >= 11 is 0. The van der Waals surface area contributed by atoms with Crippen LogP contribution in [0.2, 0.25) is 0 Å². The van der Waals surface area contributed by atoms with Crippen molar-refractivity contribution in [1.29, 1.82) is 0 Å². The molecule has 1 saturated heterocycles. The van der Waals surface area contributed by atoms with Crippen molar-refractivity contribution in [3.63, 3.8) is 0 Å². The van der Waals surface area contributed by atoms with Crippen LogP contribution in [-0.2, 0) is 9.53 Å². The maximum absolute atomic E-state index is 12.2. The molecule has 0 aromatic heterocycles. The number of carbonyl (C=O) groups excluding carboxylic acids is 1. The molecule has 0 aromatic carbocycles. The van der Waals surface area contributed by atoms with E-state index in [2.05, 4.69) is 5.32 Å². The molecule has 21 heavy (non-hydrogen) atoms. The van der Waals surface area contributed by atoms with Crippen molar-refractivity contribution in [2.45, 2.75) is 58.1 Å². The number of carbonyl (C=O) groups is 2. The fourth-order valence-electron chi connectivity index (χ4n) is 3.33. The summed E-state index contributed by atoms with van der Waals surface area (Å²) in [4.78, 5) is 25.4. The normalized spacial score (nSPS) is 31.8. The second kappa shape index (κ2) is 6.64. The van der Waals surface area contributed by atoms with Crippen LogP contribution in [-0.4, -0.2) is 53.8 Å². The zero-order chi connectivity index (χ0) is 15.5. The molecule has 1 heterocycles. The molecule has 0 spiro atoms. The quantitative estimate of drug-likeness (QED) is 0.784. The van der Waals surface area contributed by atoms with Crippen molar-refractivity contribution in [2.75, 3.05) is 19.7 Å². The maximum atomic E-state index is 12.2. The van der Waals surface area contributed by atoms with Crippen LogP contribution in [0.3, 0.4) is 0 Å². The highest BCUT2D eigenvalue weighted by Gasteiger charge is 2.46. The zero-order valence-electron chi connectivity index (χ0n) is 12.9. The molecule has 2 aliphatic rings. The topological polar surface area (TPSA) is 78.9 Å². The van der Waals surface area contributed by atoms with Gasteiger partial charge < -0.3 is 20.1 Å². The van der Waals surface area contributed by atoms with Gasteiger partial charge in [-0.2, -0.15) is 0 Å². The summed E-state index contributed by atoms with van der Waals surface area (Å²) in [5, 5.41) is 12.4. The number of ether oxygens (including phenoxy) is 1. The van der Waals surface area contributed by atoms with Crippen LogP contribution in [0.4, 0.5) is 4.79 Å². The second-order valence-electron chi connectivity index (χ2n) is 6.20. The molecule has 1 saturated carbocycles. The molecule has 6 nitrogen and oxygen atoms in total. The maximum Gasteiger partial charge on any atom is 0.317 e. The van der Waals surface area contributed by atoms with E-state index in [9.17, 15) is 14.7 Å². The molecule has 0 radical (unpaired) electrons. The summed E-state index contributed by atoms with van der Waals surface area (Å²) in [6, 6.07) is 0.0363. The summed E-state index contributed by atoms with van der Waals surface area (Å²) in [5.74, 6) is -0.778. The molecule has 0 bridgehead atoms. The Morgan fingerprint density at radius 1 is 1.38 bits per heavy atom. The number of carboxylic acids is 1. The highest BCUT2D eigenvalue weighted by molar-refractivity contribution is 5.80. The Balaban J connectivity index is 1.81. The fraction of sp³-hybridized carbons (Fsp3) is 0.867. The van der Waals surface area contributed by atoms with E-state index in [-0.39, 0.29) is 18.2 Å². The first kappa shape index (κ1) is 16.1. The highest BCUT2D eigenvalue weighted by atomic mass is 16.5. The number of hydrogen-bond donors (Lipinski definition) is 2. The van der Waals surface area contributed by atoms with Gasteiger partial charge in [-0.05, 0) is 32.6 Å². The highest BCUT2D eigenvalue weighted by Crippen LogP contribution is 2.35. The van der Waals surface area contributed by atoms with Gasteiger partial charge in [-0.1, -0.05) is 13.3 Å². The van der Waals surface area contributed by atoms with E-state index in [1.165, 1.54) is 0 Å². The van der Waals surface area contributed by atoms with Crippen molar-refractivity contribution < 1.29 is 19.4 Å². The molecule has 2 fully saturated rings. The van der Waals surface area contributed by atoms with Gasteiger partial charge in [0.25, 0.3) is 0 Å². The van der Waals surface area contributed by atoms with Crippen LogP contribution in [0.15, 0.2) is 0 Å². The van der Waals surface area contributed by atoms with E-state index in [1.807, 2.05) is 13.8 Å². The third kappa shape index (κ3) is 3.48. The Kier molecular flexibility index (Phi) is 5.08. The van der Waals surface area contributed by atoms with E-state index < -0.39 is 11.4 Å². The number of urea groups is 1. The van der Waals surface area contributed by atoms with Crippen LogP contribution in [0, 0.1) is 5.41 Å². The molecule has 2 rings (SSSR count). The van der Waals surface area contributed by atoms with Crippen LogP contribution >= 0.6 is 0 Å². The lowest BCUT2D eigenvalue weighted by molar-refractivity contribution is -0.148. The number of hydrogen-bond acceptors (Lipinski definition) is 3. The standard InChI is InChI=1S/C15H26N2O4/c1-3-5-15(13(18)19)6-7-17(10-15)14(20)16-11-8-12(9-11)21-4-2/h11-12H,3-10H2,1-2H3,(H,16,20)(H,18,19). The molecule has 120 valence electrons. The number of aliphatic carboxylic acids is 1. The fourth-order valence-corrected chi connectivity index (χ4v) is 3.33. The third-order valence-electron chi connectivity index (χ3n) is 4.65. The summed E-state index contributed by atoms with van der Waals surface area (Å²) in [7, 11) is 0. The number of nitrogens with one attached hydrogen (secondary N) is 1. The Hall–Kier alpha value is -1.30. The van der Waals surface area contributed by atoms with Gasteiger partial charge in [-0.3, -0.25) is 4.79 Å². The minimum Gasteiger partial charge on any atom is -0.481 e. The molecule has 2 amide bonds. The summed E-state index contributed by atoms with van der Waals surface area (Å²) in [6.07, 6.45) is 3.97. The summed E-state index contributed by atoms with van der Waals surface area (Å²) in [6.45, 7) is 5.50. The molecular formula is C15H26N2O4. The Morgan fingerprint density at radius 3 is 2.67 bits per heavy atom. The predicted molar refractivity (Wildman–Crippen MR) is 78.1 cm³/mol. The minimum atomic E-state index is -0.778. The molecule has 1 aliphatic carbocycles. The summed E-state index contributed by atoms with van der Waals surface area (Å²) < 4.78 is 5.47. The van der Waals surface area contributed by atoms with Crippen molar-refractivity contribution in [1.82, 2.24) is 10.2 Å². The van der Waals surface area contributed by atoms with Gasteiger partial charge in [-0.15, -0.1) is 0 Å². The van der Waals surface area contributed by atoms with E-state index in [0.717, 1.165) is 19.3 Å². The monoisotopic (exact) mass is 298 g/mol. The molecule has 1 unspecified atom stereocenters. The van der Waals surface area contributed by atoms with E-state index in [1.54, 1.807) is 4.90 Å². The third-order valence-corrected chi connectivity index (χ3v) is 4.65. The zero-order valence-corrected chi connectivity index (χ0v) is 12.9. The number of nitrogens with zero attached hydrogens (tertiary/aromatic N) is 1. The van der Waals surface area contributed by atoms with E-state index >= 15 is 0 Å². The smallest absolute Gasteiger partial charge is 0.317 e. The molecule has 6 heteroatoms. The largest absolute Gasteiger partial charge is 0.481 e. The number of amides is 2. The molecular weight excluding hydrogens is 272 g/mol. The molecule has 1 atom stereocenters. The first-order valence-electron chi connectivity index (χ1n) is 7.91. The number of rotatable bonds is 6. The van der Waals surface area contributed by atoms with E-state index in [4.69, 9.17) is 4.74 Å². The Labute approximate surface area is 125 Å². The lowest BCUT2D eigenvalue weighted by Gasteiger charge is -2.36. The number of carboxylic acid groups (broad SMARTS) is 1. The lowest BCUT2D eigenvalue weighted by Crippen LogP contribution is -2.52. The predicted octanol–water partition coefficient (Wildman–Crippen LogP) is 1.84. The van der Waals surface area contributed by atoms with Gasteiger partial charge >= 0.3 is 12.0 Å². The Bertz CT molecular complexity index is 395. The van der Waals surface area contributed by atoms with Crippen molar-refractivity contribution in [3.8, 4) is 0 Å². The molecule has 2 N–H and O–H groups in total. The van der Waals surface area contributed by atoms with Gasteiger partial charge in [0.15, 0.2) is 0 Å². The SMILES string of the molecule is CCCC1(C(=O)O)CCN(C(=O)NC2CC(OCC)C2)C1. The first-order chi connectivity index (χ1) is 10.0. The van der Waals surface area contributed by atoms with Crippen LogP contribution < -0.4 is 5.32 Å². The average Bonchev–Trinajstić information content (AvgIpc) is 2.82. The molecule has 0 aromatic rings. The van der Waals surface area contributed by atoms with Crippen LogP contribution in [0.25, 0.3) is 0 Å². The Morgan fingerprint density at radius 2 is 2.10 bits per heavy atom. The average molecular weight is 298 g/mol. The van der Waals surface area contributed by atoms with Crippen molar-refractivity contribution >= 4 is 12.0 Å². The van der Waals surface area contributed by atoms with Crippen LogP contribution in [0.1, 0.15) is 46.0 Å². The van der Waals surface area contributed by atoms with E-state index in [0.29, 0.717) is 32.5 Å². The van der Waals surface area contributed by atoms with Gasteiger partial charge in [0.05, 0.1) is 11.5 Å². The van der Waals surface area contributed by atoms with Crippen molar-refractivity contribution in [2.24, 2.45) is 5.41 Å². The van der Waals surface area contributed by atoms with Gasteiger partial charge in [-0.25, -0.2) is 4.79 Å². The van der Waals surface area contributed by atoms with Gasteiger partial charge in [0, 0.05) is 25.7 Å². The number of likely N-dealkylation sites (tertiary alicyclic amines) is 1. The van der Waals surface area contributed by atoms with Crippen LogP contribution in [0.5, 0.6) is 0 Å². The minimum absolute atomic E-state index is 0.130. The summed E-state index contributed by atoms with van der Waals surface area (Å²) in [5.41, 5.74) is -0.750. The van der Waals surface area contributed by atoms with Gasteiger partial charge in [0.2, 0.25) is 0 Å².